The van der Waals surface area contributed by atoms with Crippen LogP contribution in [0.5, 0.6) is 0 Å². The molecule has 1 aromatic carbocycles. The zero-order chi connectivity index (χ0) is 10.4. The van der Waals surface area contributed by atoms with Gasteiger partial charge in [-0.25, -0.2) is 0 Å². The van der Waals surface area contributed by atoms with Crippen molar-refractivity contribution in [2.45, 2.75) is 18.4 Å². The Morgan fingerprint density at radius 2 is 1.93 bits per heavy atom. The number of rotatable bonds is 5. The molecule has 0 saturated carbocycles. The topological polar surface area (TPSA) is 40.5 Å². The van der Waals surface area contributed by atoms with Gasteiger partial charge in [0, 0.05) is 12.5 Å². The fraction of sp³-hybridized carbons (Fsp3) is 0.333. The van der Waals surface area contributed by atoms with Gasteiger partial charge in [0.1, 0.15) is 0 Å². The van der Waals surface area contributed by atoms with Gasteiger partial charge in [0.2, 0.25) is 0 Å². The molecule has 2 atom stereocenters. The summed E-state index contributed by atoms with van der Waals surface area (Å²) in [6.45, 7) is 3.70. The zero-order valence-electron chi connectivity index (χ0n) is 8.13. The van der Waals surface area contributed by atoms with Gasteiger partial charge in [-0.1, -0.05) is 36.4 Å². The third-order valence-corrected chi connectivity index (χ3v) is 2.28. The Morgan fingerprint density at radius 3 is 2.43 bits per heavy atom. The molecule has 0 aliphatic heterocycles. The maximum absolute atomic E-state index is 9.73. The Kier molecular flexibility index (Phi) is 4.36. The smallest absolute Gasteiger partial charge is 0.0665 e. The average Bonchev–Trinajstić information content (AvgIpc) is 2.21. The van der Waals surface area contributed by atoms with Crippen molar-refractivity contribution in [2.75, 3.05) is 6.61 Å². The molecule has 2 N–H and O–H groups in total. The summed E-state index contributed by atoms with van der Waals surface area (Å²) in [5, 5.41) is 18.5. The van der Waals surface area contributed by atoms with E-state index in [9.17, 15) is 5.11 Å². The van der Waals surface area contributed by atoms with E-state index >= 15 is 0 Å². The molecule has 0 saturated heterocycles. The van der Waals surface area contributed by atoms with Crippen molar-refractivity contribution in [2.24, 2.45) is 0 Å². The molecule has 0 bridgehead atoms. The molecule has 2 nitrogen and oxygen atoms in total. The number of hydrogen-bond donors (Lipinski definition) is 2. The van der Waals surface area contributed by atoms with Crippen LogP contribution in [0.3, 0.4) is 0 Å². The second kappa shape index (κ2) is 5.58. The standard InChI is InChI=1S/C12H16O2/c1-2-11(12(14)8-9-13)10-6-4-3-5-7-10/h2-7,11-14H,1,8-9H2/t11-,12-/m1/s1. The van der Waals surface area contributed by atoms with Crippen LogP contribution in [0.15, 0.2) is 43.0 Å². The van der Waals surface area contributed by atoms with Gasteiger partial charge in [0.15, 0.2) is 0 Å². The monoisotopic (exact) mass is 192 g/mol. The van der Waals surface area contributed by atoms with Crippen LogP contribution in [0, 0.1) is 0 Å². The van der Waals surface area contributed by atoms with Crippen LogP contribution < -0.4 is 0 Å². The van der Waals surface area contributed by atoms with Crippen molar-refractivity contribution in [3.63, 3.8) is 0 Å². The fourth-order valence-corrected chi connectivity index (χ4v) is 1.50. The fourth-order valence-electron chi connectivity index (χ4n) is 1.50. The third-order valence-electron chi connectivity index (χ3n) is 2.28. The maximum Gasteiger partial charge on any atom is 0.0665 e. The van der Waals surface area contributed by atoms with Gasteiger partial charge >= 0.3 is 0 Å². The van der Waals surface area contributed by atoms with E-state index in [0.29, 0.717) is 6.42 Å². The van der Waals surface area contributed by atoms with Gasteiger partial charge in [-0.15, -0.1) is 6.58 Å². The molecule has 0 amide bonds. The zero-order valence-corrected chi connectivity index (χ0v) is 8.13. The predicted octanol–water partition coefficient (Wildman–Crippen LogP) is 1.70. The Hall–Kier alpha value is -1.12. The molecule has 0 fully saturated rings. The van der Waals surface area contributed by atoms with E-state index in [-0.39, 0.29) is 12.5 Å². The van der Waals surface area contributed by atoms with Crippen molar-refractivity contribution in [3.8, 4) is 0 Å². The summed E-state index contributed by atoms with van der Waals surface area (Å²) in [6.07, 6.45) is 1.54. The third kappa shape index (κ3) is 2.69. The molecule has 1 rings (SSSR count). The lowest BCUT2D eigenvalue weighted by Gasteiger charge is -2.18. The van der Waals surface area contributed by atoms with Crippen molar-refractivity contribution < 1.29 is 10.2 Å². The van der Waals surface area contributed by atoms with E-state index in [4.69, 9.17) is 5.11 Å². The van der Waals surface area contributed by atoms with E-state index in [1.165, 1.54) is 0 Å². The predicted molar refractivity (Wildman–Crippen MR) is 57.1 cm³/mol. The molecular formula is C12H16O2. The number of aliphatic hydroxyl groups excluding tert-OH is 2. The molecule has 0 spiro atoms. The van der Waals surface area contributed by atoms with Crippen molar-refractivity contribution >= 4 is 0 Å². The number of aliphatic hydroxyl groups is 2. The van der Waals surface area contributed by atoms with Gasteiger partial charge < -0.3 is 10.2 Å². The first kappa shape index (κ1) is 11.0. The molecule has 0 aromatic heterocycles. The van der Waals surface area contributed by atoms with Crippen LogP contribution in [-0.2, 0) is 0 Å². The van der Waals surface area contributed by atoms with E-state index < -0.39 is 6.10 Å². The highest BCUT2D eigenvalue weighted by molar-refractivity contribution is 5.24. The van der Waals surface area contributed by atoms with Crippen LogP contribution >= 0.6 is 0 Å². The molecule has 14 heavy (non-hydrogen) atoms. The summed E-state index contributed by atoms with van der Waals surface area (Å²) in [6, 6.07) is 9.69. The first-order valence-corrected chi connectivity index (χ1v) is 4.76. The average molecular weight is 192 g/mol. The highest BCUT2D eigenvalue weighted by Gasteiger charge is 2.16. The highest BCUT2D eigenvalue weighted by atomic mass is 16.3. The molecule has 2 heteroatoms. The highest BCUT2D eigenvalue weighted by Crippen LogP contribution is 2.22. The lowest BCUT2D eigenvalue weighted by molar-refractivity contribution is 0.120. The van der Waals surface area contributed by atoms with Crippen LogP contribution in [0.1, 0.15) is 17.9 Å². The van der Waals surface area contributed by atoms with Gasteiger partial charge in [-0.3, -0.25) is 0 Å². The Balaban J connectivity index is 2.76. The van der Waals surface area contributed by atoms with Crippen LogP contribution in [0.4, 0.5) is 0 Å². The number of benzene rings is 1. The van der Waals surface area contributed by atoms with Gasteiger partial charge in [0.05, 0.1) is 6.10 Å². The largest absolute Gasteiger partial charge is 0.396 e. The summed E-state index contributed by atoms with van der Waals surface area (Å²) in [4.78, 5) is 0. The summed E-state index contributed by atoms with van der Waals surface area (Å²) in [5.74, 6) is -0.0941. The molecule has 0 aliphatic carbocycles. The minimum Gasteiger partial charge on any atom is -0.396 e. The molecule has 0 unspecified atom stereocenters. The second-order valence-electron chi connectivity index (χ2n) is 3.25. The van der Waals surface area contributed by atoms with Crippen molar-refractivity contribution in [3.05, 3.63) is 48.6 Å². The normalized spacial score (nSPS) is 14.7. The number of hydrogen-bond acceptors (Lipinski definition) is 2. The SMILES string of the molecule is C=C[C@H](c1ccccc1)[C@H](O)CCO. The summed E-state index contributed by atoms with van der Waals surface area (Å²) >= 11 is 0. The minimum absolute atomic E-state index is 0.00165. The molecule has 0 radical (unpaired) electrons. The van der Waals surface area contributed by atoms with E-state index in [1.54, 1.807) is 6.08 Å². The second-order valence-corrected chi connectivity index (χ2v) is 3.25. The summed E-state index contributed by atoms with van der Waals surface area (Å²) < 4.78 is 0. The minimum atomic E-state index is -0.556. The molecule has 1 aromatic rings. The van der Waals surface area contributed by atoms with Crippen LogP contribution in [-0.4, -0.2) is 22.9 Å². The van der Waals surface area contributed by atoms with E-state index in [2.05, 4.69) is 6.58 Å². The lowest BCUT2D eigenvalue weighted by atomic mass is 9.92. The Bertz CT molecular complexity index is 269. The van der Waals surface area contributed by atoms with Crippen LogP contribution in [0.2, 0.25) is 0 Å². The Labute approximate surface area is 84.5 Å². The quantitative estimate of drug-likeness (QED) is 0.697. The maximum atomic E-state index is 9.73. The van der Waals surface area contributed by atoms with Gasteiger partial charge in [-0.2, -0.15) is 0 Å². The van der Waals surface area contributed by atoms with E-state index in [1.807, 2.05) is 30.3 Å². The molecular weight excluding hydrogens is 176 g/mol. The molecule has 0 heterocycles. The first-order valence-electron chi connectivity index (χ1n) is 4.76. The van der Waals surface area contributed by atoms with Crippen molar-refractivity contribution in [1.82, 2.24) is 0 Å². The molecule has 0 aliphatic rings. The Morgan fingerprint density at radius 1 is 1.29 bits per heavy atom. The van der Waals surface area contributed by atoms with E-state index in [0.717, 1.165) is 5.56 Å². The van der Waals surface area contributed by atoms with Gasteiger partial charge in [-0.05, 0) is 12.0 Å². The van der Waals surface area contributed by atoms with Gasteiger partial charge in [0.25, 0.3) is 0 Å². The summed E-state index contributed by atoms with van der Waals surface area (Å²) in [5.41, 5.74) is 1.03. The molecule has 76 valence electrons. The first-order chi connectivity index (χ1) is 6.79. The van der Waals surface area contributed by atoms with Crippen molar-refractivity contribution in [1.29, 1.82) is 0 Å². The summed E-state index contributed by atoms with van der Waals surface area (Å²) in [7, 11) is 0. The lowest BCUT2D eigenvalue weighted by Crippen LogP contribution is -2.17. The van der Waals surface area contributed by atoms with Crippen LogP contribution in [0.25, 0.3) is 0 Å².